The van der Waals surface area contributed by atoms with Gasteiger partial charge in [0.2, 0.25) is 18.0 Å². The fourth-order valence-electron chi connectivity index (χ4n) is 4.36. The number of amides is 3. The molecule has 0 saturated heterocycles. The Balaban J connectivity index is 1.74. The first-order valence-electron chi connectivity index (χ1n) is 11.4. The molecule has 8 nitrogen and oxygen atoms in total. The van der Waals surface area contributed by atoms with Crippen LogP contribution in [-0.4, -0.2) is 48.9 Å². The number of nitrogens with one attached hydrogen (secondary N) is 1. The van der Waals surface area contributed by atoms with Crippen molar-refractivity contribution in [2.45, 2.75) is 38.5 Å². The second-order valence-electron chi connectivity index (χ2n) is 8.77. The number of hydrogen-bond donors (Lipinski definition) is 2. The maximum absolute atomic E-state index is 13.5. The molecule has 0 bridgehead atoms. The lowest BCUT2D eigenvalue weighted by Crippen LogP contribution is -2.51. The Morgan fingerprint density at radius 2 is 2.00 bits per heavy atom. The van der Waals surface area contributed by atoms with Gasteiger partial charge in [-0.15, -0.1) is 0 Å². The Labute approximate surface area is 205 Å². The minimum atomic E-state index is -4.52. The van der Waals surface area contributed by atoms with Crippen LogP contribution >= 0.6 is 0 Å². The van der Waals surface area contributed by atoms with E-state index in [1.807, 2.05) is 31.2 Å². The van der Waals surface area contributed by atoms with Gasteiger partial charge in [0.15, 0.2) is 0 Å². The van der Waals surface area contributed by atoms with Gasteiger partial charge >= 0.3 is 6.18 Å². The monoisotopic (exact) mass is 502 g/mol. The minimum absolute atomic E-state index is 0.199. The number of nitrogens with two attached hydrogens (primary N) is 1. The Kier molecular flexibility index (Phi) is 7.00. The molecule has 0 fully saturated rings. The number of nitrogens with zero attached hydrogens (tertiary/aromatic N) is 2. The van der Waals surface area contributed by atoms with Gasteiger partial charge in [-0.25, -0.2) is 4.99 Å². The van der Waals surface area contributed by atoms with Gasteiger partial charge in [-0.3, -0.25) is 14.4 Å². The summed E-state index contributed by atoms with van der Waals surface area (Å²) in [5, 5.41) is 2.47. The van der Waals surface area contributed by atoms with Crippen LogP contribution in [0.1, 0.15) is 36.0 Å². The number of carbonyl (C=O) groups excluding carboxylic acids is 3. The number of benzene rings is 2. The maximum atomic E-state index is 13.5. The lowest BCUT2D eigenvalue weighted by molar-refractivity contribution is -0.143. The molecule has 0 saturated carbocycles. The summed E-state index contributed by atoms with van der Waals surface area (Å²) in [6, 6.07) is 12.7. The van der Waals surface area contributed by atoms with E-state index in [0.29, 0.717) is 28.3 Å². The molecule has 2 unspecified atom stereocenters. The average molecular weight is 502 g/mol. The Morgan fingerprint density at radius 3 is 2.69 bits per heavy atom. The lowest BCUT2D eigenvalue weighted by atomic mass is 9.97. The van der Waals surface area contributed by atoms with Crippen molar-refractivity contribution in [2.24, 2.45) is 16.6 Å². The number of carbonyl (C=O) groups is 3. The van der Waals surface area contributed by atoms with Crippen LogP contribution in [0.2, 0.25) is 0 Å². The maximum Gasteiger partial charge on any atom is 0.389 e. The fourth-order valence-corrected chi connectivity index (χ4v) is 4.36. The molecule has 0 aliphatic carbocycles. The lowest BCUT2D eigenvalue weighted by Gasteiger charge is -2.31. The first kappa shape index (κ1) is 25.2. The Morgan fingerprint density at radius 1 is 1.25 bits per heavy atom. The van der Waals surface area contributed by atoms with E-state index < -0.39 is 55.2 Å². The fraction of sp³-hybridized carbons (Fsp3) is 0.360. The average Bonchev–Trinajstić information content (AvgIpc) is 2.93. The summed E-state index contributed by atoms with van der Waals surface area (Å²) in [6.07, 6.45) is -8.44. The molecule has 0 aromatic heterocycles. The van der Waals surface area contributed by atoms with E-state index in [2.05, 4.69) is 10.3 Å². The molecule has 4 rings (SSSR count). The highest BCUT2D eigenvalue weighted by Gasteiger charge is 2.38. The highest BCUT2D eigenvalue weighted by Crippen LogP contribution is 2.38. The zero-order chi connectivity index (χ0) is 26.0. The van der Waals surface area contributed by atoms with Crippen LogP contribution in [0.25, 0.3) is 0 Å². The van der Waals surface area contributed by atoms with Gasteiger partial charge in [-0.05, 0) is 25.5 Å². The third-order valence-corrected chi connectivity index (χ3v) is 6.02. The number of halogens is 3. The standard InChI is InChI=1S/C25H25F3N4O4/c1-14-4-2-5-15(12-14)20-17-6-3-7-18-21(17)32(10-11-36-18)24(35)22(30-20)31-23(34)16(13-19(29)33)8-9-25(26,27)28/h2-7,12,16,22H,8-11,13H2,1H3,(H2,29,33)(H,31,34). The van der Waals surface area contributed by atoms with Crippen LogP contribution in [0, 0.1) is 12.8 Å². The first-order valence-corrected chi connectivity index (χ1v) is 11.4. The van der Waals surface area contributed by atoms with Crippen LogP contribution in [0.15, 0.2) is 47.5 Å². The van der Waals surface area contributed by atoms with E-state index in [9.17, 15) is 27.6 Å². The third kappa shape index (κ3) is 5.50. The molecule has 2 aliphatic rings. The number of alkyl halides is 3. The molecule has 2 aliphatic heterocycles. The Hall–Kier alpha value is -3.89. The van der Waals surface area contributed by atoms with Gasteiger partial charge in [0.05, 0.1) is 17.9 Å². The zero-order valence-electron chi connectivity index (χ0n) is 19.5. The first-order chi connectivity index (χ1) is 17.0. The quantitative estimate of drug-likeness (QED) is 0.606. The molecular formula is C25H25F3N4O4. The topological polar surface area (TPSA) is 114 Å². The molecule has 2 aromatic carbocycles. The SMILES string of the molecule is Cc1cccc(C2=NC(NC(=O)C(CCC(F)(F)F)CC(N)=O)C(=O)N3CCOc4cccc2c43)c1. The summed E-state index contributed by atoms with van der Waals surface area (Å²) >= 11 is 0. The van der Waals surface area contributed by atoms with Crippen LogP contribution in [0.5, 0.6) is 5.75 Å². The molecule has 11 heteroatoms. The summed E-state index contributed by atoms with van der Waals surface area (Å²) in [4.78, 5) is 44.1. The molecule has 0 radical (unpaired) electrons. The molecule has 36 heavy (non-hydrogen) atoms. The van der Waals surface area contributed by atoms with Crippen LogP contribution < -0.4 is 20.7 Å². The van der Waals surface area contributed by atoms with E-state index in [1.165, 1.54) is 4.90 Å². The van der Waals surface area contributed by atoms with Crippen molar-refractivity contribution in [3.05, 3.63) is 59.2 Å². The highest BCUT2D eigenvalue weighted by molar-refractivity contribution is 6.21. The smallest absolute Gasteiger partial charge is 0.389 e. The van der Waals surface area contributed by atoms with Gasteiger partial charge in [0.1, 0.15) is 12.4 Å². The third-order valence-electron chi connectivity index (χ3n) is 6.02. The van der Waals surface area contributed by atoms with E-state index in [0.717, 1.165) is 5.56 Å². The predicted molar refractivity (Wildman–Crippen MR) is 126 cm³/mol. The number of para-hydroxylation sites is 1. The molecule has 2 heterocycles. The van der Waals surface area contributed by atoms with Crippen molar-refractivity contribution >= 4 is 29.1 Å². The van der Waals surface area contributed by atoms with Crippen LogP contribution in [0.4, 0.5) is 18.9 Å². The molecule has 2 atom stereocenters. The molecule has 190 valence electrons. The second-order valence-corrected chi connectivity index (χ2v) is 8.77. The van der Waals surface area contributed by atoms with Crippen molar-refractivity contribution in [2.75, 3.05) is 18.1 Å². The number of anilines is 1. The van der Waals surface area contributed by atoms with E-state index in [-0.39, 0.29) is 13.2 Å². The number of ether oxygens (including phenoxy) is 1. The normalized spacial score (nSPS) is 17.9. The van der Waals surface area contributed by atoms with Gasteiger partial charge in [-0.2, -0.15) is 13.2 Å². The van der Waals surface area contributed by atoms with Gasteiger partial charge in [0.25, 0.3) is 5.91 Å². The largest absolute Gasteiger partial charge is 0.490 e. The molecule has 3 amide bonds. The van der Waals surface area contributed by atoms with Crippen LogP contribution in [-0.2, 0) is 14.4 Å². The zero-order valence-corrected chi connectivity index (χ0v) is 19.5. The van der Waals surface area contributed by atoms with Crippen molar-refractivity contribution in [3.8, 4) is 5.75 Å². The highest BCUT2D eigenvalue weighted by atomic mass is 19.4. The Bertz CT molecular complexity index is 1230. The summed E-state index contributed by atoms with van der Waals surface area (Å²) in [5.74, 6) is -3.25. The van der Waals surface area contributed by atoms with E-state index in [4.69, 9.17) is 10.5 Å². The number of rotatable bonds is 7. The number of hydrogen-bond acceptors (Lipinski definition) is 5. The van der Waals surface area contributed by atoms with E-state index in [1.54, 1.807) is 18.2 Å². The summed E-state index contributed by atoms with van der Waals surface area (Å²) in [5.41, 5.74) is 8.36. The summed E-state index contributed by atoms with van der Waals surface area (Å²) < 4.78 is 44.2. The van der Waals surface area contributed by atoms with Crippen molar-refractivity contribution < 1.29 is 32.3 Å². The van der Waals surface area contributed by atoms with Gasteiger partial charge < -0.3 is 20.7 Å². The molecule has 2 aromatic rings. The van der Waals surface area contributed by atoms with Crippen molar-refractivity contribution in [3.63, 3.8) is 0 Å². The van der Waals surface area contributed by atoms with Gasteiger partial charge in [0, 0.05) is 29.9 Å². The van der Waals surface area contributed by atoms with E-state index >= 15 is 0 Å². The summed E-state index contributed by atoms with van der Waals surface area (Å²) in [6.45, 7) is 2.32. The number of aliphatic imine (C=N–C) groups is 1. The second kappa shape index (κ2) is 10.00. The number of primary amides is 1. The molecule has 0 spiro atoms. The molecule has 3 N–H and O–H groups in total. The van der Waals surface area contributed by atoms with Gasteiger partial charge in [-0.1, -0.05) is 35.9 Å². The molecular weight excluding hydrogens is 477 g/mol. The van der Waals surface area contributed by atoms with Crippen molar-refractivity contribution in [1.82, 2.24) is 5.32 Å². The van der Waals surface area contributed by atoms with Crippen LogP contribution in [0.3, 0.4) is 0 Å². The predicted octanol–water partition coefficient (Wildman–Crippen LogP) is 2.85. The minimum Gasteiger partial charge on any atom is -0.490 e. The van der Waals surface area contributed by atoms with Crippen molar-refractivity contribution in [1.29, 1.82) is 0 Å². The summed E-state index contributed by atoms with van der Waals surface area (Å²) in [7, 11) is 0. The number of aryl methyl sites for hydroxylation is 1.